The molecule has 3 aromatic carbocycles. The molecule has 9 rings (SSSR count). The van der Waals surface area contributed by atoms with Crippen LogP contribution in [-0.4, -0.2) is 86.1 Å². The fraction of sp³-hybridized carbons (Fsp3) is 0.163. The van der Waals surface area contributed by atoms with Crippen LogP contribution in [0.4, 0.5) is 0 Å². The molecule has 64 heavy (non-hydrogen) atoms. The average Bonchev–Trinajstić information content (AvgIpc) is 3.98. The molecule has 0 aliphatic rings. The number of aromatic nitrogens is 6. The summed E-state index contributed by atoms with van der Waals surface area (Å²) in [5.74, 6) is 0.0710. The molecule has 0 spiro atoms. The topological polar surface area (TPSA) is 127 Å². The Labute approximate surface area is 411 Å². The Morgan fingerprint density at radius 1 is 0.672 bits per heavy atom. The summed E-state index contributed by atoms with van der Waals surface area (Å²) in [6.07, 6.45) is 11.3. The first-order chi connectivity index (χ1) is 29.8. The van der Waals surface area contributed by atoms with Crippen molar-refractivity contribution < 1.29 is 70.2 Å². The first-order valence-corrected chi connectivity index (χ1v) is 21.7. The summed E-state index contributed by atoms with van der Waals surface area (Å²) in [7, 11) is 2.11. The number of fused-ring (bicyclic) bond motifs is 3. The summed E-state index contributed by atoms with van der Waals surface area (Å²) in [5.41, 5.74) is 12.4. The van der Waals surface area contributed by atoms with Gasteiger partial charge in [0.15, 0.2) is 9.84 Å². The van der Waals surface area contributed by atoms with Crippen molar-refractivity contribution in [1.29, 1.82) is 0 Å². The molecule has 0 aliphatic heterocycles. The van der Waals surface area contributed by atoms with Gasteiger partial charge in [0, 0.05) is 115 Å². The number of pyridine rings is 3. The van der Waals surface area contributed by atoms with E-state index in [0.717, 1.165) is 67.7 Å². The smallest absolute Gasteiger partial charge is 0.228 e. The van der Waals surface area contributed by atoms with Gasteiger partial charge in [-0.2, -0.15) is 36.7 Å². The molecule has 0 bridgehead atoms. The summed E-state index contributed by atoms with van der Waals surface area (Å²) in [6, 6.07) is 41.4. The molecule has 0 fully saturated rings. The first-order valence-electron chi connectivity index (χ1n) is 19.8. The van der Waals surface area contributed by atoms with Gasteiger partial charge in [-0.25, -0.2) is 23.4 Å². The molecule has 0 saturated heterocycles. The average molecular weight is 1260 g/mol. The second-order valence-electron chi connectivity index (χ2n) is 15.1. The number of hydrogen-bond acceptors (Lipinski definition) is 7. The van der Waals surface area contributed by atoms with Crippen LogP contribution < -0.4 is 0 Å². The van der Waals surface area contributed by atoms with Crippen LogP contribution in [0.2, 0.25) is 0 Å². The molecule has 0 radical (unpaired) electrons. The molecular formula is C49H46N8O4SUW-2. The molecule has 12 nitrogen and oxygen atoms in total. The van der Waals surface area contributed by atoms with E-state index in [9.17, 15) is 18.0 Å². The van der Waals surface area contributed by atoms with Crippen LogP contribution in [-0.2, 0) is 53.5 Å². The third-order valence-electron chi connectivity index (χ3n) is 10.1. The molecule has 0 unspecified atom stereocenters. The van der Waals surface area contributed by atoms with Crippen LogP contribution in [0.5, 0.6) is 0 Å². The van der Waals surface area contributed by atoms with E-state index < -0.39 is 9.84 Å². The standard InChI is InChI=1S/C19H21N3O.C16H13N3O.C14H12N2O2S.U.W/c1-13-5-8-15(9-6-13)19-16(11-18(23)21(3)4)22-12-14(2)7-10-17(22)20-19;1-18(12-20)11-14-16(13-7-3-2-4-8-13)17-15-9-5-6-10-19(14)15;1-19(17,18)12-7-5-11(6-8-12)13-10-16-9-3-2-4-14(16)15-13;;/h5-10,12H,11H2,1-4H3;3-10H,11H2,1H3;2-10H,1H3;;/q;-2;;;. The minimum absolute atomic E-state index is 0. The number of likely N-dealkylation sites (N-methyl/N-ethyl adjacent to an activating group) is 1. The normalized spacial score (nSPS) is 10.8. The fourth-order valence-corrected chi connectivity index (χ4v) is 7.42. The fourth-order valence-electron chi connectivity index (χ4n) is 6.79. The monoisotopic (exact) mass is 1260 g/mol. The Hall–Kier alpha value is -5.64. The van der Waals surface area contributed by atoms with Gasteiger partial charge in [0.2, 0.25) is 5.91 Å². The first kappa shape index (κ1) is 49.4. The van der Waals surface area contributed by atoms with Crippen LogP contribution in [0.3, 0.4) is 0 Å². The van der Waals surface area contributed by atoms with E-state index in [1.54, 1.807) is 50.3 Å². The van der Waals surface area contributed by atoms with Gasteiger partial charge < -0.3 is 27.8 Å². The predicted octanol–water partition coefficient (Wildman–Crippen LogP) is 7.95. The molecule has 0 aliphatic carbocycles. The number of hydrogen-bond donors (Lipinski definition) is 0. The van der Waals surface area contributed by atoms with Crippen molar-refractivity contribution in [1.82, 2.24) is 38.0 Å². The summed E-state index contributed by atoms with van der Waals surface area (Å²) in [5, 5.41) is 0. The van der Waals surface area contributed by atoms with Gasteiger partial charge in [-0.15, -0.1) is 5.56 Å². The molecular weight excluding hydrogens is 1220 g/mol. The zero-order valence-corrected chi connectivity index (χ0v) is 44.2. The van der Waals surface area contributed by atoms with Gasteiger partial charge in [-0.1, -0.05) is 60.2 Å². The molecule has 6 heterocycles. The number of carbonyl (C=O) groups is 1. The number of nitrogens with zero attached hydrogens (tertiary/aromatic N) is 8. The molecule has 0 saturated carbocycles. The van der Waals surface area contributed by atoms with E-state index >= 15 is 0 Å². The Kier molecular flexibility index (Phi) is 16.8. The number of amides is 2. The Morgan fingerprint density at radius 3 is 1.88 bits per heavy atom. The second kappa shape index (κ2) is 21.8. The maximum Gasteiger partial charge on any atom is 0.228 e. The van der Waals surface area contributed by atoms with Gasteiger partial charge in [-0.3, -0.25) is 4.79 Å². The van der Waals surface area contributed by atoms with Gasteiger partial charge >= 0.3 is 0 Å². The molecule has 0 N–H and O–H groups in total. The van der Waals surface area contributed by atoms with Crippen molar-refractivity contribution in [3.8, 4) is 33.8 Å². The van der Waals surface area contributed by atoms with Crippen LogP contribution in [0.15, 0.2) is 151 Å². The largest absolute Gasteiger partial charge is 0.520 e. The summed E-state index contributed by atoms with van der Waals surface area (Å²) >= 11 is 0. The van der Waals surface area contributed by atoms with Crippen molar-refractivity contribution in [3.63, 3.8) is 0 Å². The van der Waals surface area contributed by atoms with E-state index in [-0.39, 0.29) is 58.1 Å². The van der Waals surface area contributed by atoms with Crippen molar-refractivity contribution >= 4 is 39.1 Å². The Bertz CT molecular complexity index is 3080. The molecule has 9 aromatic rings. The zero-order chi connectivity index (χ0) is 44.0. The van der Waals surface area contributed by atoms with E-state index in [1.807, 2.05) is 124 Å². The van der Waals surface area contributed by atoms with Crippen LogP contribution in [0.25, 0.3) is 50.7 Å². The number of aryl methyl sites for hydroxylation is 2. The van der Waals surface area contributed by atoms with E-state index in [0.29, 0.717) is 17.9 Å². The van der Waals surface area contributed by atoms with E-state index in [4.69, 9.17) is 4.98 Å². The van der Waals surface area contributed by atoms with Crippen LogP contribution in [0, 0.1) is 51.0 Å². The second-order valence-corrected chi connectivity index (χ2v) is 17.1. The van der Waals surface area contributed by atoms with Crippen LogP contribution >= 0.6 is 0 Å². The quantitative estimate of drug-likeness (QED) is 0.106. The van der Waals surface area contributed by atoms with E-state index in [2.05, 4.69) is 47.2 Å². The van der Waals surface area contributed by atoms with Crippen molar-refractivity contribution in [2.24, 2.45) is 0 Å². The number of benzene rings is 3. The molecule has 15 heteroatoms. The van der Waals surface area contributed by atoms with Crippen molar-refractivity contribution in [3.05, 3.63) is 175 Å². The SMILES string of the molecule is CN([C-]=O)Cc1c(-c2cc[c-]cc2)nc2ccccn12.CS(=O)(=O)c1ccc(-c2cn3ccccc3n2)cc1.Cc1ccc(-c2nc3ccc(C)cn3c2CC(=O)N(C)C)cc1.[U].[W]. The molecule has 324 valence electrons. The number of imidazole rings is 3. The molecule has 0 atom stereocenters. The van der Waals surface area contributed by atoms with Crippen LogP contribution in [0.1, 0.15) is 22.5 Å². The number of carbonyl (C=O) groups excluding carboxylic acids is 2. The van der Waals surface area contributed by atoms with Gasteiger partial charge in [0.05, 0.1) is 39.8 Å². The number of sulfone groups is 1. The number of rotatable bonds is 9. The van der Waals surface area contributed by atoms with Gasteiger partial charge in [-0.05, 0) is 68.9 Å². The van der Waals surface area contributed by atoms with Gasteiger partial charge in [0.1, 0.15) is 16.9 Å². The summed E-state index contributed by atoms with van der Waals surface area (Å²) in [4.78, 5) is 40.4. The third kappa shape index (κ3) is 11.7. The Morgan fingerprint density at radius 2 is 1.25 bits per heavy atom. The summed E-state index contributed by atoms with van der Waals surface area (Å²) < 4.78 is 28.8. The zero-order valence-electron chi connectivity index (χ0n) is 36.3. The minimum atomic E-state index is -3.15. The predicted molar refractivity (Wildman–Crippen MR) is 243 cm³/mol. The van der Waals surface area contributed by atoms with Crippen molar-refractivity contribution in [2.45, 2.75) is 31.7 Å². The molecule has 2 amide bonds. The summed E-state index contributed by atoms with van der Waals surface area (Å²) in [6.45, 7) is 4.57. The van der Waals surface area contributed by atoms with Crippen molar-refractivity contribution in [2.75, 3.05) is 27.4 Å². The maximum absolute atomic E-state index is 12.3. The third-order valence-corrected chi connectivity index (χ3v) is 11.2. The molecule has 6 aromatic heterocycles. The van der Waals surface area contributed by atoms with Gasteiger partial charge in [0.25, 0.3) is 0 Å². The Balaban J connectivity index is 0.000000179. The van der Waals surface area contributed by atoms with E-state index in [1.165, 1.54) is 16.7 Å². The maximum atomic E-state index is 12.3. The minimum Gasteiger partial charge on any atom is -0.520 e.